The van der Waals surface area contributed by atoms with Crippen molar-refractivity contribution in [3.63, 3.8) is 0 Å². The largest absolute Gasteiger partial charge is 0.363 e. The molecule has 19 heavy (non-hydrogen) atoms. The molecule has 0 saturated carbocycles. The van der Waals surface area contributed by atoms with Gasteiger partial charge in [0.25, 0.3) is 5.56 Å². The number of nitrogens with zero attached hydrogens (tertiary/aromatic N) is 1. The molecule has 0 unspecified atom stereocenters. The van der Waals surface area contributed by atoms with E-state index in [0.717, 1.165) is 6.07 Å². The lowest BCUT2D eigenvalue weighted by Crippen LogP contribution is -2.29. The average molecular weight is 272 g/mol. The molecular formula is C12H8F4N2O. The van der Waals surface area contributed by atoms with Crippen LogP contribution in [0.5, 0.6) is 0 Å². The van der Waals surface area contributed by atoms with Crippen molar-refractivity contribution in [3.8, 4) is 11.3 Å². The number of aromatic amines is 1. The second kappa shape index (κ2) is 4.83. The summed E-state index contributed by atoms with van der Waals surface area (Å²) in [5.74, 6) is -5.84. The van der Waals surface area contributed by atoms with Crippen molar-refractivity contribution in [3.05, 3.63) is 52.6 Å². The zero-order valence-corrected chi connectivity index (χ0v) is 9.41. The lowest BCUT2D eigenvalue weighted by atomic mass is 10.1. The van der Waals surface area contributed by atoms with Gasteiger partial charge < -0.3 is 4.98 Å². The highest BCUT2D eigenvalue weighted by Gasteiger charge is 2.45. The van der Waals surface area contributed by atoms with Crippen molar-refractivity contribution in [1.82, 2.24) is 9.97 Å². The van der Waals surface area contributed by atoms with Crippen molar-refractivity contribution in [1.29, 1.82) is 0 Å². The summed E-state index contributed by atoms with van der Waals surface area (Å²) in [6.45, 7) is 0. The van der Waals surface area contributed by atoms with E-state index in [4.69, 9.17) is 0 Å². The van der Waals surface area contributed by atoms with Crippen molar-refractivity contribution >= 4 is 0 Å². The van der Waals surface area contributed by atoms with Crippen molar-refractivity contribution in [2.75, 3.05) is 0 Å². The van der Waals surface area contributed by atoms with Gasteiger partial charge in [-0.15, -0.1) is 0 Å². The molecule has 0 radical (unpaired) electrons. The Balaban J connectivity index is 2.56. The first-order valence-corrected chi connectivity index (χ1v) is 5.24. The Morgan fingerprint density at radius 2 is 1.79 bits per heavy atom. The summed E-state index contributed by atoms with van der Waals surface area (Å²) in [5.41, 5.74) is -0.608. The molecule has 0 aliphatic carbocycles. The fourth-order valence-electron chi connectivity index (χ4n) is 1.48. The van der Waals surface area contributed by atoms with Gasteiger partial charge in [0.15, 0.2) is 5.82 Å². The maximum Gasteiger partial charge on any atom is 0.363 e. The summed E-state index contributed by atoms with van der Waals surface area (Å²) < 4.78 is 50.8. The number of aromatic nitrogens is 2. The number of nitrogens with one attached hydrogen (secondary N) is 1. The van der Waals surface area contributed by atoms with Gasteiger partial charge in [-0.1, -0.05) is 30.3 Å². The van der Waals surface area contributed by atoms with E-state index in [1.54, 1.807) is 23.2 Å². The lowest BCUT2D eigenvalue weighted by Gasteiger charge is -2.14. The zero-order valence-electron chi connectivity index (χ0n) is 9.41. The highest BCUT2D eigenvalue weighted by molar-refractivity contribution is 5.58. The molecule has 0 aliphatic rings. The lowest BCUT2D eigenvalue weighted by molar-refractivity contribution is -0.141. The van der Waals surface area contributed by atoms with Gasteiger partial charge in [-0.2, -0.15) is 8.78 Å². The molecule has 1 aromatic carbocycles. The molecule has 2 rings (SSSR count). The van der Waals surface area contributed by atoms with Crippen LogP contribution < -0.4 is 5.56 Å². The van der Waals surface area contributed by atoms with Crippen molar-refractivity contribution < 1.29 is 17.6 Å². The molecule has 1 heterocycles. The molecule has 2 aromatic rings. The highest BCUT2D eigenvalue weighted by atomic mass is 19.3. The topological polar surface area (TPSA) is 45.8 Å². The molecule has 3 nitrogen and oxygen atoms in total. The van der Waals surface area contributed by atoms with Crippen LogP contribution in [0.1, 0.15) is 5.82 Å². The van der Waals surface area contributed by atoms with Crippen LogP contribution >= 0.6 is 0 Å². The molecule has 0 spiro atoms. The Bertz CT molecular complexity index is 625. The fourth-order valence-corrected chi connectivity index (χ4v) is 1.48. The van der Waals surface area contributed by atoms with Gasteiger partial charge in [0.1, 0.15) is 0 Å². The number of alkyl halides is 4. The number of rotatable bonds is 3. The van der Waals surface area contributed by atoms with Crippen LogP contribution in [0.25, 0.3) is 11.3 Å². The molecule has 0 saturated heterocycles. The predicted molar refractivity (Wildman–Crippen MR) is 60.2 cm³/mol. The molecule has 1 aromatic heterocycles. The molecule has 0 aliphatic heterocycles. The third-order valence-corrected chi connectivity index (χ3v) is 2.40. The maximum absolute atomic E-state index is 13.2. The molecule has 0 bridgehead atoms. The van der Waals surface area contributed by atoms with Crippen LogP contribution in [0.4, 0.5) is 17.6 Å². The smallest absolute Gasteiger partial charge is 0.305 e. The van der Waals surface area contributed by atoms with Crippen LogP contribution in [0.15, 0.2) is 41.2 Å². The zero-order chi connectivity index (χ0) is 14.0. The van der Waals surface area contributed by atoms with E-state index in [1.807, 2.05) is 0 Å². The third-order valence-electron chi connectivity index (χ3n) is 2.40. The van der Waals surface area contributed by atoms with Gasteiger partial charge in [-0.25, -0.2) is 13.8 Å². The number of H-pyrrole nitrogens is 1. The fraction of sp³-hybridized carbons (Fsp3) is 0.167. The molecule has 0 fully saturated rings. The summed E-state index contributed by atoms with van der Waals surface area (Å²) >= 11 is 0. The summed E-state index contributed by atoms with van der Waals surface area (Å²) in [7, 11) is 0. The van der Waals surface area contributed by atoms with Crippen molar-refractivity contribution in [2.24, 2.45) is 0 Å². The second-order valence-electron chi connectivity index (χ2n) is 3.77. The van der Waals surface area contributed by atoms with Gasteiger partial charge in [0.2, 0.25) is 0 Å². The first kappa shape index (κ1) is 13.3. The summed E-state index contributed by atoms with van der Waals surface area (Å²) in [4.78, 5) is 16.3. The SMILES string of the molecule is O=c1cc(-c2ccccc2)nc(C(F)(F)C(F)F)[nH]1. The Hall–Kier alpha value is -2.18. The predicted octanol–water partition coefficient (Wildman–Crippen LogP) is 2.79. The van der Waals surface area contributed by atoms with Crippen LogP contribution in [0.3, 0.4) is 0 Å². The maximum atomic E-state index is 13.2. The molecule has 7 heteroatoms. The minimum Gasteiger partial charge on any atom is -0.305 e. The summed E-state index contributed by atoms with van der Waals surface area (Å²) in [5, 5.41) is 0. The van der Waals surface area contributed by atoms with Gasteiger partial charge in [-0.3, -0.25) is 4.79 Å². The Morgan fingerprint density at radius 1 is 1.16 bits per heavy atom. The minimum atomic E-state index is -4.50. The molecule has 1 N–H and O–H groups in total. The van der Waals surface area contributed by atoms with E-state index < -0.39 is 23.7 Å². The monoisotopic (exact) mass is 272 g/mol. The standard InChI is InChI=1S/C12H8F4N2O/c13-10(14)12(15,16)11-17-8(6-9(19)18-11)7-4-2-1-3-5-7/h1-6,10H,(H,17,18,19). The van der Waals surface area contributed by atoms with Crippen LogP contribution in [-0.4, -0.2) is 16.4 Å². The number of halogens is 4. The summed E-state index contributed by atoms with van der Waals surface area (Å²) in [6.07, 6.45) is -3.94. The average Bonchev–Trinajstić information content (AvgIpc) is 2.39. The van der Waals surface area contributed by atoms with Crippen LogP contribution in [0.2, 0.25) is 0 Å². The Kier molecular flexibility index (Phi) is 3.37. The van der Waals surface area contributed by atoms with Gasteiger partial charge in [0, 0.05) is 11.6 Å². The van der Waals surface area contributed by atoms with E-state index >= 15 is 0 Å². The van der Waals surface area contributed by atoms with E-state index in [2.05, 4.69) is 4.98 Å². The van der Waals surface area contributed by atoms with E-state index in [-0.39, 0.29) is 5.69 Å². The van der Waals surface area contributed by atoms with Crippen LogP contribution in [-0.2, 0) is 5.92 Å². The van der Waals surface area contributed by atoms with E-state index in [9.17, 15) is 22.4 Å². The quantitative estimate of drug-likeness (QED) is 0.873. The normalized spacial score (nSPS) is 11.8. The second-order valence-corrected chi connectivity index (χ2v) is 3.77. The molecular weight excluding hydrogens is 264 g/mol. The van der Waals surface area contributed by atoms with Crippen LogP contribution in [0, 0.1) is 0 Å². The van der Waals surface area contributed by atoms with E-state index in [0.29, 0.717) is 5.56 Å². The Morgan fingerprint density at radius 3 is 2.37 bits per heavy atom. The first-order valence-electron chi connectivity index (χ1n) is 5.24. The van der Waals surface area contributed by atoms with Gasteiger partial charge in [-0.05, 0) is 0 Å². The third kappa shape index (κ3) is 2.64. The Labute approximate surface area is 104 Å². The van der Waals surface area contributed by atoms with Gasteiger partial charge in [0.05, 0.1) is 5.69 Å². The number of benzene rings is 1. The number of hydrogen-bond donors (Lipinski definition) is 1. The first-order chi connectivity index (χ1) is 8.91. The number of hydrogen-bond acceptors (Lipinski definition) is 2. The van der Waals surface area contributed by atoms with E-state index in [1.165, 1.54) is 12.1 Å². The summed E-state index contributed by atoms with van der Waals surface area (Å²) in [6, 6.07) is 8.95. The highest BCUT2D eigenvalue weighted by Crippen LogP contribution is 2.32. The molecule has 0 atom stereocenters. The van der Waals surface area contributed by atoms with Gasteiger partial charge >= 0.3 is 12.3 Å². The minimum absolute atomic E-state index is 0.0836. The molecule has 100 valence electrons. The van der Waals surface area contributed by atoms with Crippen molar-refractivity contribution in [2.45, 2.75) is 12.3 Å². The molecule has 0 amide bonds.